The molecule has 0 aromatic carbocycles. The van der Waals surface area contributed by atoms with Crippen LogP contribution >= 0.6 is 0 Å². The molecule has 0 bridgehead atoms. The Hall–Kier alpha value is -0.210. The monoisotopic (exact) mass is 319 g/mol. The van der Waals surface area contributed by atoms with E-state index in [1.807, 2.05) is 6.08 Å². The first-order chi connectivity index (χ1) is 9.62. The van der Waals surface area contributed by atoms with E-state index in [9.17, 15) is 0 Å². The number of aliphatic hydroxyl groups excluding tert-OH is 1. The number of halogens is 1. The average molecular weight is 320 g/mol. The van der Waals surface area contributed by atoms with Crippen LogP contribution < -0.4 is 12.4 Å². The molecule has 0 fully saturated rings. The first kappa shape index (κ1) is 23.1. The van der Waals surface area contributed by atoms with E-state index in [2.05, 4.69) is 21.0 Å². The van der Waals surface area contributed by atoms with Crippen LogP contribution in [0.5, 0.6) is 0 Å². The SMILES string of the molecule is CCCCCCCCCCCC[N+](C)(C)CCC=CO.[Cl-]. The zero-order valence-corrected chi connectivity index (χ0v) is 15.4. The molecule has 128 valence electrons. The van der Waals surface area contributed by atoms with Gasteiger partial charge in [0.2, 0.25) is 0 Å². The van der Waals surface area contributed by atoms with Gasteiger partial charge in [-0.25, -0.2) is 0 Å². The standard InChI is InChI=1S/C18H37NO.ClH/c1-4-5-6-7-8-9-10-11-12-13-16-19(2,3)17-14-15-18-20;/h15,18H,4-14,16-17H2,1-3H3;1H. The second-order valence-electron chi connectivity index (χ2n) is 6.74. The Labute approximate surface area is 139 Å². The maximum absolute atomic E-state index is 8.64. The van der Waals surface area contributed by atoms with Gasteiger partial charge in [-0.15, -0.1) is 0 Å². The van der Waals surface area contributed by atoms with E-state index >= 15 is 0 Å². The predicted molar refractivity (Wildman–Crippen MR) is 90.1 cm³/mol. The molecule has 0 atom stereocenters. The fourth-order valence-electron chi connectivity index (χ4n) is 2.64. The summed E-state index contributed by atoms with van der Waals surface area (Å²) in [6.07, 6.45) is 18.1. The Kier molecular flexibility index (Phi) is 17.8. The second-order valence-corrected chi connectivity index (χ2v) is 6.74. The highest BCUT2D eigenvalue weighted by atomic mass is 35.5. The summed E-state index contributed by atoms with van der Waals surface area (Å²) in [5, 5.41) is 8.64. The van der Waals surface area contributed by atoms with Gasteiger partial charge in [-0.05, 0) is 18.9 Å². The Bertz CT molecular complexity index is 229. The summed E-state index contributed by atoms with van der Waals surface area (Å²) in [5.41, 5.74) is 0. The fraction of sp³-hybridized carbons (Fsp3) is 0.889. The Morgan fingerprint density at radius 1 is 0.762 bits per heavy atom. The van der Waals surface area contributed by atoms with Gasteiger partial charge in [0.25, 0.3) is 0 Å². The molecule has 3 heteroatoms. The van der Waals surface area contributed by atoms with Crippen molar-refractivity contribution < 1.29 is 22.0 Å². The molecule has 0 aliphatic carbocycles. The lowest BCUT2D eigenvalue weighted by Gasteiger charge is -2.29. The van der Waals surface area contributed by atoms with Crippen molar-refractivity contribution in [1.29, 1.82) is 0 Å². The van der Waals surface area contributed by atoms with Crippen LogP contribution in [-0.2, 0) is 0 Å². The van der Waals surface area contributed by atoms with Crippen LogP contribution in [0.3, 0.4) is 0 Å². The first-order valence-corrected chi connectivity index (χ1v) is 8.73. The van der Waals surface area contributed by atoms with Gasteiger partial charge >= 0.3 is 0 Å². The lowest BCUT2D eigenvalue weighted by Crippen LogP contribution is -3.00. The van der Waals surface area contributed by atoms with Crippen molar-refractivity contribution >= 4 is 0 Å². The minimum Gasteiger partial charge on any atom is -1.00 e. The van der Waals surface area contributed by atoms with E-state index < -0.39 is 0 Å². The number of hydrogen-bond donors (Lipinski definition) is 1. The molecule has 1 N–H and O–H groups in total. The molecule has 21 heavy (non-hydrogen) atoms. The fourth-order valence-corrected chi connectivity index (χ4v) is 2.64. The average Bonchev–Trinajstić information content (AvgIpc) is 2.41. The first-order valence-electron chi connectivity index (χ1n) is 8.73. The van der Waals surface area contributed by atoms with E-state index in [-0.39, 0.29) is 12.4 Å². The molecule has 0 saturated carbocycles. The summed E-state index contributed by atoms with van der Waals surface area (Å²) in [4.78, 5) is 0. The normalized spacial score (nSPS) is 11.8. The lowest BCUT2D eigenvalue weighted by atomic mass is 10.1. The molecule has 0 aromatic rings. The molecule has 0 heterocycles. The molecule has 0 aromatic heterocycles. The molecule has 0 rings (SSSR count). The number of rotatable bonds is 14. The third-order valence-corrected chi connectivity index (χ3v) is 4.12. The van der Waals surface area contributed by atoms with Gasteiger partial charge < -0.3 is 22.0 Å². The van der Waals surface area contributed by atoms with Crippen molar-refractivity contribution in [3.63, 3.8) is 0 Å². The van der Waals surface area contributed by atoms with Crippen LogP contribution in [0.4, 0.5) is 0 Å². The number of aliphatic hydroxyl groups is 1. The molecule has 2 nitrogen and oxygen atoms in total. The molecule has 0 radical (unpaired) electrons. The van der Waals surface area contributed by atoms with Crippen LogP contribution in [0, 0.1) is 0 Å². The van der Waals surface area contributed by atoms with Crippen molar-refractivity contribution in [2.45, 2.75) is 77.6 Å². The number of hydrogen-bond acceptors (Lipinski definition) is 1. The van der Waals surface area contributed by atoms with E-state index in [1.54, 1.807) is 0 Å². The number of quaternary nitrogens is 1. The zero-order chi connectivity index (χ0) is 15.1. The van der Waals surface area contributed by atoms with Gasteiger partial charge in [0, 0.05) is 6.42 Å². The molecule has 0 aliphatic heterocycles. The summed E-state index contributed by atoms with van der Waals surface area (Å²) in [6.45, 7) is 4.66. The van der Waals surface area contributed by atoms with Crippen LogP contribution in [0.25, 0.3) is 0 Å². The van der Waals surface area contributed by atoms with Crippen LogP contribution in [0.2, 0.25) is 0 Å². The highest BCUT2D eigenvalue weighted by Gasteiger charge is 2.12. The van der Waals surface area contributed by atoms with Crippen molar-refractivity contribution in [3.8, 4) is 0 Å². The summed E-state index contributed by atoms with van der Waals surface area (Å²) < 4.78 is 1.07. The van der Waals surface area contributed by atoms with Crippen molar-refractivity contribution in [2.24, 2.45) is 0 Å². The van der Waals surface area contributed by atoms with Gasteiger partial charge in [-0.1, -0.05) is 58.3 Å². The summed E-state index contributed by atoms with van der Waals surface area (Å²) >= 11 is 0. The van der Waals surface area contributed by atoms with E-state index in [4.69, 9.17) is 5.11 Å². The lowest BCUT2D eigenvalue weighted by molar-refractivity contribution is -0.890. The highest BCUT2D eigenvalue weighted by molar-refractivity contribution is 4.70. The minimum atomic E-state index is 0. The minimum absolute atomic E-state index is 0. The third kappa shape index (κ3) is 17.7. The van der Waals surface area contributed by atoms with Gasteiger partial charge in [0.15, 0.2) is 0 Å². The molecule has 0 spiro atoms. The van der Waals surface area contributed by atoms with Gasteiger partial charge in [-0.2, -0.15) is 0 Å². The van der Waals surface area contributed by atoms with Gasteiger partial charge in [0.1, 0.15) is 0 Å². The highest BCUT2D eigenvalue weighted by Crippen LogP contribution is 2.11. The Morgan fingerprint density at radius 2 is 1.24 bits per heavy atom. The molecule has 0 amide bonds. The van der Waals surface area contributed by atoms with E-state index in [1.165, 1.54) is 77.0 Å². The van der Waals surface area contributed by atoms with Crippen molar-refractivity contribution in [1.82, 2.24) is 0 Å². The van der Waals surface area contributed by atoms with Crippen molar-refractivity contribution in [3.05, 3.63) is 12.3 Å². The largest absolute Gasteiger partial charge is 1.00 e. The Morgan fingerprint density at radius 3 is 1.71 bits per heavy atom. The van der Waals surface area contributed by atoms with Crippen molar-refractivity contribution in [2.75, 3.05) is 27.2 Å². The van der Waals surface area contributed by atoms with Crippen LogP contribution in [0.1, 0.15) is 77.6 Å². The van der Waals surface area contributed by atoms with Crippen LogP contribution in [-0.4, -0.2) is 36.8 Å². The maximum atomic E-state index is 8.64. The smallest absolute Gasteiger partial charge is 0.0818 e. The number of unbranched alkanes of at least 4 members (excludes halogenated alkanes) is 9. The van der Waals surface area contributed by atoms with Gasteiger partial charge in [-0.3, -0.25) is 0 Å². The van der Waals surface area contributed by atoms with Gasteiger partial charge in [0.05, 0.1) is 33.4 Å². The topological polar surface area (TPSA) is 20.2 Å². The van der Waals surface area contributed by atoms with Crippen LogP contribution in [0.15, 0.2) is 12.3 Å². The molecular formula is C18H38ClNO. The summed E-state index contributed by atoms with van der Waals surface area (Å²) in [6, 6.07) is 0. The maximum Gasteiger partial charge on any atom is 0.0818 e. The second kappa shape index (κ2) is 16.2. The summed E-state index contributed by atoms with van der Waals surface area (Å²) in [5.74, 6) is 0. The van der Waals surface area contributed by atoms with E-state index in [0.717, 1.165) is 17.4 Å². The van der Waals surface area contributed by atoms with E-state index in [0.29, 0.717) is 0 Å². The summed E-state index contributed by atoms with van der Waals surface area (Å²) in [7, 11) is 4.58. The molecule has 0 unspecified atom stereocenters. The molecule has 0 saturated heterocycles. The number of nitrogens with zero attached hydrogens (tertiary/aromatic N) is 1. The quantitative estimate of drug-likeness (QED) is 0.296. The predicted octanol–water partition coefficient (Wildman–Crippen LogP) is 2.45. The third-order valence-electron chi connectivity index (χ3n) is 4.12. The molecule has 0 aliphatic rings. The zero-order valence-electron chi connectivity index (χ0n) is 14.6. The Balaban J connectivity index is 0. The molecular weight excluding hydrogens is 282 g/mol.